The molecule has 1 aromatic carbocycles. The van der Waals surface area contributed by atoms with Crippen molar-refractivity contribution in [1.29, 1.82) is 0 Å². The van der Waals surface area contributed by atoms with E-state index in [2.05, 4.69) is 30.2 Å². The molecule has 25 heavy (non-hydrogen) atoms. The summed E-state index contributed by atoms with van der Waals surface area (Å²) >= 11 is 0. The van der Waals surface area contributed by atoms with Crippen LogP contribution in [0.1, 0.15) is 30.9 Å². The predicted octanol–water partition coefficient (Wildman–Crippen LogP) is 3.47. The molecule has 2 rings (SSSR count). The van der Waals surface area contributed by atoms with E-state index in [0.717, 1.165) is 12.2 Å². The van der Waals surface area contributed by atoms with Gasteiger partial charge in [-0.25, -0.2) is 4.79 Å². The van der Waals surface area contributed by atoms with E-state index in [0.29, 0.717) is 25.6 Å². The summed E-state index contributed by atoms with van der Waals surface area (Å²) in [7, 11) is 1.80. The van der Waals surface area contributed by atoms with Crippen LogP contribution < -0.4 is 10.1 Å². The van der Waals surface area contributed by atoms with Gasteiger partial charge in [0.25, 0.3) is 0 Å². The molecule has 0 saturated heterocycles. The van der Waals surface area contributed by atoms with Crippen LogP contribution in [0.2, 0.25) is 0 Å². The molecule has 1 aromatic heterocycles. The van der Waals surface area contributed by atoms with E-state index in [-0.39, 0.29) is 6.03 Å². The number of hydrogen-bond donors (Lipinski definition) is 1. The molecule has 0 bridgehead atoms. The number of nitrogens with zero attached hydrogens (tertiary/aromatic N) is 2. The Bertz CT molecular complexity index is 659. The molecule has 0 saturated carbocycles. The molecule has 5 heteroatoms. The number of nitrogens with one attached hydrogen (secondary N) is 1. The van der Waals surface area contributed by atoms with E-state index in [9.17, 15) is 4.79 Å². The maximum atomic E-state index is 12.1. The van der Waals surface area contributed by atoms with E-state index in [1.807, 2.05) is 30.3 Å². The van der Waals surface area contributed by atoms with Crippen LogP contribution in [-0.4, -0.2) is 42.7 Å². The molecule has 0 aliphatic carbocycles. The fourth-order valence-corrected chi connectivity index (χ4v) is 2.49. The highest BCUT2D eigenvalue weighted by molar-refractivity contribution is 5.73. The quantitative estimate of drug-likeness (QED) is 0.748. The molecular weight excluding hydrogens is 314 g/mol. The highest BCUT2D eigenvalue weighted by Gasteiger charge is 2.09. The van der Waals surface area contributed by atoms with Crippen LogP contribution in [0.5, 0.6) is 5.75 Å². The lowest BCUT2D eigenvalue weighted by Crippen LogP contribution is -2.40. The monoisotopic (exact) mass is 341 g/mol. The standard InChI is InChI=1S/C20H27N3O2/c1-16(2)18-6-4-5-7-19(18)25-15-13-22-20(24)23(3)14-10-17-8-11-21-12-9-17/h4-9,11-12,16H,10,13-15H2,1-3H3,(H,22,24). The minimum Gasteiger partial charge on any atom is -0.491 e. The average molecular weight is 341 g/mol. The number of hydrogen-bond acceptors (Lipinski definition) is 3. The maximum absolute atomic E-state index is 12.1. The topological polar surface area (TPSA) is 54.5 Å². The van der Waals surface area contributed by atoms with E-state index in [1.165, 1.54) is 11.1 Å². The van der Waals surface area contributed by atoms with Gasteiger partial charge in [0.2, 0.25) is 0 Å². The van der Waals surface area contributed by atoms with Crippen LogP contribution in [-0.2, 0) is 6.42 Å². The summed E-state index contributed by atoms with van der Waals surface area (Å²) in [6.45, 7) is 5.87. The first-order chi connectivity index (χ1) is 12.1. The van der Waals surface area contributed by atoms with Crippen LogP contribution in [0.4, 0.5) is 4.79 Å². The first kappa shape index (κ1) is 18.8. The number of aromatic nitrogens is 1. The van der Waals surface area contributed by atoms with Gasteiger partial charge in [-0.15, -0.1) is 0 Å². The molecule has 0 fully saturated rings. The first-order valence-corrected chi connectivity index (χ1v) is 8.67. The van der Waals surface area contributed by atoms with Crippen molar-refractivity contribution in [3.05, 3.63) is 59.9 Å². The highest BCUT2D eigenvalue weighted by atomic mass is 16.5. The number of amides is 2. The Morgan fingerprint density at radius 3 is 2.64 bits per heavy atom. The number of rotatable bonds is 8. The normalized spacial score (nSPS) is 10.6. The van der Waals surface area contributed by atoms with Gasteiger partial charge in [0.1, 0.15) is 12.4 Å². The van der Waals surface area contributed by atoms with Crippen molar-refractivity contribution < 1.29 is 9.53 Å². The summed E-state index contributed by atoms with van der Waals surface area (Å²) < 4.78 is 5.82. The molecule has 0 spiro atoms. The summed E-state index contributed by atoms with van der Waals surface area (Å²) in [5.41, 5.74) is 2.35. The van der Waals surface area contributed by atoms with E-state index < -0.39 is 0 Å². The van der Waals surface area contributed by atoms with E-state index in [4.69, 9.17) is 4.74 Å². The minimum atomic E-state index is -0.0881. The number of likely N-dealkylation sites (N-methyl/N-ethyl adjacent to an activating group) is 1. The van der Waals surface area contributed by atoms with Gasteiger partial charge in [0.15, 0.2) is 0 Å². The van der Waals surface area contributed by atoms with Gasteiger partial charge >= 0.3 is 6.03 Å². The Labute approximate surface area is 150 Å². The molecule has 0 unspecified atom stereocenters. The predicted molar refractivity (Wildman–Crippen MR) is 100.0 cm³/mol. The molecule has 134 valence electrons. The third-order valence-electron chi connectivity index (χ3n) is 4.01. The molecule has 0 radical (unpaired) electrons. The van der Waals surface area contributed by atoms with E-state index >= 15 is 0 Å². The molecule has 0 atom stereocenters. The molecule has 2 aromatic rings. The largest absolute Gasteiger partial charge is 0.491 e. The summed E-state index contributed by atoms with van der Waals surface area (Å²) in [4.78, 5) is 17.8. The SMILES string of the molecule is CC(C)c1ccccc1OCCNC(=O)N(C)CCc1ccncc1. The van der Waals surface area contributed by atoms with Crippen LogP contribution in [0, 0.1) is 0 Å². The molecule has 1 N–H and O–H groups in total. The van der Waals surface area contributed by atoms with Gasteiger partial charge in [0, 0.05) is 26.0 Å². The molecule has 1 heterocycles. The second-order valence-electron chi connectivity index (χ2n) is 6.30. The summed E-state index contributed by atoms with van der Waals surface area (Å²) in [6, 6.07) is 11.9. The van der Waals surface area contributed by atoms with Crippen molar-refractivity contribution in [1.82, 2.24) is 15.2 Å². The number of para-hydroxylation sites is 1. The summed E-state index contributed by atoms with van der Waals surface area (Å²) in [5, 5.41) is 2.89. The number of urea groups is 1. The molecule has 5 nitrogen and oxygen atoms in total. The Morgan fingerprint density at radius 1 is 1.20 bits per heavy atom. The first-order valence-electron chi connectivity index (χ1n) is 8.67. The Morgan fingerprint density at radius 2 is 1.92 bits per heavy atom. The van der Waals surface area contributed by atoms with Crippen molar-refractivity contribution in [2.75, 3.05) is 26.7 Å². The number of carbonyl (C=O) groups excluding carboxylic acids is 1. The Kier molecular flexibility index (Phi) is 7.26. The number of pyridine rings is 1. The van der Waals surface area contributed by atoms with Crippen LogP contribution in [0.3, 0.4) is 0 Å². The minimum absolute atomic E-state index is 0.0881. The lowest BCUT2D eigenvalue weighted by Gasteiger charge is -2.18. The Balaban J connectivity index is 1.70. The zero-order valence-electron chi connectivity index (χ0n) is 15.2. The van der Waals surface area contributed by atoms with Crippen LogP contribution in [0.25, 0.3) is 0 Å². The van der Waals surface area contributed by atoms with Crippen molar-refractivity contribution in [3.8, 4) is 5.75 Å². The van der Waals surface area contributed by atoms with Gasteiger partial charge < -0.3 is 15.0 Å². The van der Waals surface area contributed by atoms with Crippen molar-refractivity contribution in [3.63, 3.8) is 0 Å². The zero-order chi connectivity index (χ0) is 18.1. The van der Waals surface area contributed by atoms with Gasteiger partial charge in [-0.2, -0.15) is 0 Å². The second-order valence-corrected chi connectivity index (χ2v) is 6.30. The lowest BCUT2D eigenvalue weighted by molar-refractivity contribution is 0.205. The smallest absolute Gasteiger partial charge is 0.317 e. The highest BCUT2D eigenvalue weighted by Crippen LogP contribution is 2.25. The number of benzene rings is 1. The van der Waals surface area contributed by atoms with Crippen molar-refractivity contribution >= 4 is 6.03 Å². The lowest BCUT2D eigenvalue weighted by atomic mass is 10.0. The van der Waals surface area contributed by atoms with Crippen molar-refractivity contribution in [2.24, 2.45) is 0 Å². The fourth-order valence-electron chi connectivity index (χ4n) is 2.49. The molecule has 0 aliphatic heterocycles. The van der Waals surface area contributed by atoms with Gasteiger partial charge in [0.05, 0.1) is 6.54 Å². The average Bonchev–Trinajstić information content (AvgIpc) is 2.64. The maximum Gasteiger partial charge on any atom is 0.317 e. The third-order valence-corrected chi connectivity index (χ3v) is 4.01. The number of carbonyl (C=O) groups is 1. The van der Waals surface area contributed by atoms with E-state index in [1.54, 1.807) is 24.3 Å². The molecule has 0 aliphatic rings. The zero-order valence-corrected chi connectivity index (χ0v) is 15.2. The summed E-state index contributed by atoms with van der Waals surface area (Å²) in [5.74, 6) is 1.29. The summed E-state index contributed by atoms with van der Waals surface area (Å²) in [6.07, 6.45) is 4.34. The van der Waals surface area contributed by atoms with Crippen LogP contribution >= 0.6 is 0 Å². The van der Waals surface area contributed by atoms with Crippen LogP contribution in [0.15, 0.2) is 48.8 Å². The van der Waals surface area contributed by atoms with Gasteiger partial charge in [-0.1, -0.05) is 32.0 Å². The Hall–Kier alpha value is -2.56. The number of ether oxygens (including phenoxy) is 1. The molecular formula is C20H27N3O2. The fraction of sp³-hybridized carbons (Fsp3) is 0.400. The second kappa shape index (κ2) is 9.67. The van der Waals surface area contributed by atoms with Gasteiger partial charge in [-0.05, 0) is 41.7 Å². The van der Waals surface area contributed by atoms with Gasteiger partial charge in [-0.3, -0.25) is 4.98 Å². The molecule has 2 amide bonds. The van der Waals surface area contributed by atoms with Crippen molar-refractivity contribution in [2.45, 2.75) is 26.2 Å². The third kappa shape index (κ3) is 6.10.